The minimum Gasteiger partial charge on any atom is -0.472 e. The standard InChI is InChI=1S/C14H19NO/c15-11(5-8-3-4-16-7-8)14-12-9-1-2-10(6-9)13(12)14/h3-4,7,9-14H,1-2,5-6,15H2. The molecule has 4 rings (SSSR count). The molecule has 5 unspecified atom stereocenters. The lowest BCUT2D eigenvalue weighted by Gasteiger charge is -2.15. The second kappa shape index (κ2) is 3.13. The van der Waals surface area contributed by atoms with Gasteiger partial charge < -0.3 is 10.2 Å². The van der Waals surface area contributed by atoms with Gasteiger partial charge in [-0.3, -0.25) is 0 Å². The zero-order valence-corrected chi connectivity index (χ0v) is 9.51. The molecule has 1 aromatic rings. The molecule has 3 fully saturated rings. The average molecular weight is 217 g/mol. The zero-order valence-electron chi connectivity index (χ0n) is 9.51. The molecule has 0 saturated heterocycles. The van der Waals surface area contributed by atoms with Crippen LogP contribution in [0.4, 0.5) is 0 Å². The number of rotatable bonds is 3. The van der Waals surface area contributed by atoms with Crippen molar-refractivity contribution in [3.05, 3.63) is 24.2 Å². The molecule has 2 heteroatoms. The maximum absolute atomic E-state index is 6.37. The second-order valence-electron chi connectivity index (χ2n) is 6.06. The van der Waals surface area contributed by atoms with Crippen molar-refractivity contribution in [3.63, 3.8) is 0 Å². The maximum atomic E-state index is 6.37. The highest BCUT2D eigenvalue weighted by atomic mass is 16.3. The minimum absolute atomic E-state index is 0.371. The van der Waals surface area contributed by atoms with E-state index in [4.69, 9.17) is 10.2 Å². The summed E-state index contributed by atoms with van der Waals surface area (Å²) in [6, 6.07) is 2.42. The first-order valence-electron chi connectivity index (χ1n) is 6.61. The molecule has 2 bridgehead atoms. The van der Waals surface area contributed by atoms with Gasteiger partial charge in [0.05, 0.1) is 12.5 Å². The van der Waals surface area contributed by atoms with Crippen LogP contribution in [0.1, 0.15) is 24.8 Å². The predicted molar refractivity (Wildman–Crippen MR) is 61.7 cm³/mol. The van der Waals surface area contributed by atoms with Gasteiger partial charge in [0.25, 0.3) is 0 Å². The summed E-state index contributed by atoms with van der Waals surface area (Å²) in [4.78, 5) is 0. The third kappa shape index (κ3) is 1.17. The van der Waals surface area contributed by atoms with Crippen molar-refractivity contribution >= 4 is 0 Å². The number of furan rings is 1. The summed E-state index contributed by atoms with van der Waals surface area (Å²) >= 11 is 0. The molecule has 0 aliphatic heterocycles. The molecule has 0 radical (unpaired) electrons. The van der Waals surface area contributed by atoms with E-state index in [1.807, 2.05) is 12.3 Å². The average Bonchev–Trinajstić information content (AvgIpc) is 2.73. The molecular formula is C14H19NO. The van der Waals surface area contributed by atoms with Gasteiger partial charge in [0.15, 0.2) is 0 Å². The quantitative estimate of drug-likeness (QED) is 0.844. The Morgan fingerprint density at radius 1 is 1.31 bits per heavy atom. The first kappa shape index (κ1) is 9.29. The van der Waals surface area contributed by atoms with Crippen molar-refractivity contribution in [2.75, 3.05) is 0 Å². The summed E-state index contributed by atoms with van der Waals surface area (Å²) < 4.78 is 5.11. The summed E-state index contributed by atoms with van der Waals surface area (Å²) in [5.74, 6) is 4.91. The van der Waals surface area contributed by atoms with Gasteiger partial charge in [0.2, 0.25) is 0 Å². The molecule has 86 valence electrons. The topological polar surface area (TPSA) is 39.2 Å². The fourth-order valence-corrected chi connectivity index (χ4v) is 4.78. The molecule has 3 aliphatic rings. The second-order valence-corrected chi connectivity index (χ2v) is 6.06. The van der Waals surface area contributed by atoms with E-state index >= 15 is 0 Å². The van der Waals surface area contributed by atoms with Crippen LogP contribution in [0.5, 0.6) is 0 Å². The summed E-state index contributed by atoms with van der Waals surface area (Å²) in [5.41, 5.74) is 7.64. The highest BCUT2D eigenvalue weighted by molar-refractivity contribution is 5.18. The number of nitrogens with two attached hydrogens (primary N) is 1. The van der Waals surface area contributed by atoms with E-state index in [-0.39, 0.29) is 0 Å². The lowest BCUT2D eigenvalue weighted by molar-refractivity contribution is 0.409. The van der Waals surface area contributed by atoms with Crippen molar-refractivity contribution in [1.29, 1.82) is 0 Å². The van der Waals surface area contributed by atoms with Gasteiger partial charge in [-0.1, -0.05) is 0 Å². The Hall–Kier alpha value is -0.760. The van der Waals surface area contributed by atoms with E-state index < -0.39 is 0 Å². The van der Waals surface area contributed by atoms with Crippen molar-refractivity contribution in [1.82, 2.24) is 0 Å². The Balaban J connectivity index is 1.45. The first-order chi connectivity index (χ1) is 7.84. The van der Waals surface area contributed by atoms with Crippen molar-refractivity contribution in [3.8, 4) is 0 Å². The molecule has 3 aliphatic carbocycles. The molecule has 1 aromatic heterocycles. The fourth-order valence-electron chi connectivity index (χ4n) is 4.78. The smallest absolute Gasteiger partial charge is 0.0935 e. The van der Waals surface area contributed by atoms with Gasteiger partial charge in [-0.05, 0) is 66.9 Å². The van der Waals surface area contributed by atoms with Gasteiger partial charge in [-0.15, -0.1) is 0 Å². The van der Waals surface area contributed by atoms with E-state index in [0.717, 1.165) is 36.0 Å². The summed E-state index contributed by atoms with van der Waals surface area (Å²) in [5, 5.41) is 0. The fraction of sp³-hybridized carbons (Fsp3) is 0.714. The van der Waals surface area contributed by atoms with Crippen LogP contribution in [0.15, 0.2) is 23.0 Å². The predicted octanol–water partition coefficient (Wildman–Crippen LogP) is 2.44. The molecule has 3 saturated carbocycles. The van der Waals surface area contributed by atoms with Gasteiger partial charge in [0, 0.05) is 6.04 Å². The van der Waals surface area contributed by atoms with E-state index in [1.54, 1.807) is 6.26 Å². The normalized spacial score (nSPS) is 45.7. The number of hydrogen-bond acceptors (Lipinski definition) is 2. The lowest BCUT2D eigenvalue weighted by Crippen LogP contribution is -2.28. The van der Waals surface area contributed by atoms with Crippen LogP contribution in [-0.2, 0) is 6.42 Å². The molecule has 16 heavy (non-hydrogen) atoms. The monoisotopic (exact) mass is 217 g/mol. The molecule has 0 amide bonds. The zero-order chi connectivity index (χ0) is 10.7. The van der Waals surface area contributed by atoms with E-state index in [0.29, 0.717) is 6.04 Å². The third-order valence-corrected chi connectivity index (χ3v) is 5.34. The van der Waals surface area contributed by atoms with E-state index in [1.165, 1.54) is 24.8 Å². The summed E-state index contributed by atoms with van der Waals surface area (Å²) in [6.45, 7) is 0. The summed E-state index contributed by atoms with van der Waals surface area (Å²) in [6.07, 6.45) is 9.09. The van der Waals surface area contributed by atoms with Crippen LogP contribution in [0, 0.1) is 29.6 Å². The van der Waals surface area contributed by atoms with Gasteiger partial charge in [0.1, 0.15) is 0 Å². The van der Waals surface area contributed by atoms with Crippen LogP contribution in [0.2, 0.25) is 0 Å². The van der Waals surface area contributed by atoms with Crippen molar-refractivity contribution < 1.29 is 4.42 Å². The minimum atomic E-state index is 0.371. The van der Waals surface area contributed by atoms with Crippen LogP contribution in [0.25, 0.3) is 0 Å². The van der Waals surface area contributed by atoms with Crippen LogP contribution in [0.3, 0.4) is 0 Å². The Morgan fingerprint density at radius 2 is 2.06 bits per heavy atom. The van der Waals surface area contributed by atoms with Crippen LogP contribution in [-0.4, -0.2) is 6.04 Å². The van der Waals surface area contributed by atoms with Crippen LogP contribution >= 0.6 is 0 Å². The summed E-state index contributed by atoms with van der Waals surface area (Å²) in [7, 11) is 0. The Bertz CT molecular complexity index is 369. The number of fused-ring (bicyclic) bond motifs is 5. The van der Waals surface area contributed by atoms with Gasteiger partial charge >= 0.3 is 0 Å². The Kier molecular flexibility index (Phi) is 1.82. The maximum Gasteiger partial charge on any atom is 0.0935 e. The highest BCUT2D eigenvalue weighted by Crippen LogP contribution is 2.70. The number of hydrogen-bond donors (Lipinski definition) is 1. The molecule has 2 nitrogen and oxygen atoms in total. The largest absolute Gasteiger partial charge is 0.472 e. The first-order valence-corrected chi connectivity index (χ1v) is 6.61. The SMILES string of the molecule is NC(Cc1ccoc1)C1C2C3CCC(C3)C12. The Labute approximate surface area is 96.2 Å². The molecular weight excluding hydrogens is 198 g/mol. The molecule has 0 spiro atoms. The third-order valence-electron chi connectivity index (χ3n) is 5.34. The van der Waals surface area contributed by atoms with E-state index in [2.05, 4.69) is 0 Å². The molecule has 5 atom stereocenters. The highest BCUT2D eigenvalue weighted by Gasteiger charge is 2.65. The van der Waals surface area contributed by atoms with Gasteiger partial charge in [-0.25, -0.2) is 0 Å². The molecule has 2 N–H and O–H groups in total. The van der Waals surface area contributed by atoms with E-state index in [9.17, 15) is 0 Å². The molecule has 0 aromatic carbocycles. The molecule has 1 heterocycles. The van der Waals surface area contributed by atoms with Crippen molar-refractivity contribution in [2.24, 2.45) is 35.3 Å². The van der Waals surface area contributed by atoms with Gasteiger partial charge in [-0.2, -0.15) is 0 Å². The van der Waals surface area contributed by atoms with Crippen LogP contribution < -0.4 is 5.73 Å². The Morgan fingerprint density at radius 3 is 2.69 bits per heavy atom. The van der Waals surface area contributed by atoms with Crippen molar-refractivity contribution in [2.45, 2.75) is 31.7 Å². The lowest BCUT2D eigenvalue weighted by atomic mass is 9.95.